The lowest BCUT2D eigenvalue weighted by Gasteiger charge is -1.80. The Balaban J connectivity index is 0.000000218. The predicted octanol–water partition coefficient (Wildman–Crippen LogP) is 2.46. The van der Waals surface area contributed by atoms with Gasteiger partial charge in [-0.25, -0.2) is 0 Å². The van der Waals surface area contributed by atoms with Gasteiger partial charge in [-0.05, 0) is 34.7 Å². The first-order chi connectivity index (χ1) is 5.31. The van der Waals surface area contributed by atoms with Crippen molar-refractivity contribution in [1.82, 2.24) is 0 Å². The molecule has 2 heteroatoms. The van der Waals surface area contributed by atoms with Crippen LogP contribution in [0.5, 0.6) is 0 Å². The largest absolute Gasteiger partial charge is 0.392 e. The highest BCUT2D eigenvalue weighted by Gasteiger charge is 1.74. The Labute approximate surface area is 80.9 Å². The third kappa shape index (κ3) is 7.55. The van der Waals surface area contributed by atoms with Gasteiger partial charge >= 0.3 is 0 Å². The van der Waals surface area contributed by atoms with Gasteiger partial charge in [0, 0.05) is 3.57 Å². The summed E-state index contributed by atoms with van der Waals surface area (Å²) in [5, 5.41) is 7.76. The third-order valence-electron chi connectivity index (χ3n) is 0.862. The van der Waals surface area contributed by atoms with Crippen molar-refractivity contribution in [2.45, 2.75) is 0 Å². The van der Waals surface area contributed by atoms with E-state index in [0.29, 0.717) is 0 Å². The molecule has 0 saturated carbocycles. The van der Waals surface area contributed by atoms with E-state index in [0.717, 1.165) is 0 Å². The molecule has 0 aromatic heterocycles. The van der Waals surface area contributed by atoms with Gasteiger partial charge in [-0.15, -0.1) is 6.58 Å². The van der Waals surface area contributed by atoms with E-state index >= 15 is 0 Å². The molecule has 1 aromatic carbocycles. The first-order valence-electron chi connectivity index (χ1n) is 3.23. The summed E-state index contributed by atoms with van der Waals surface area (Å²) in [6.07, 6.45) is 1.43. The zero-order valence-electron chi connectivity index (χ0n) is 6.20. The summed E-state index contributed by atoms with van der Waals surface area (Å²) < 4.78 is 1.29. The molecule has 0 unspecified atom stereocenters. The standard InChI is InChI=1S/C6H5I.C3H6O/c7-6-4-2-1-3-5-6;1-2-3-4/h1-5H;2,4H,1,3H2. The van der Waals surface area contributed by atoms with Crippen molar-refractivity contribution in [1.29, 1.82) is 0 Å². The Kier molecular flexibility index (Phi) is 7.51. The quantitative estimate of drug-likeness (QED) is 0.609. The average Bonchev–Trinajstić information content (AvgIpc) is 2.07. The molecule has 1 rings (SSSR count). The number of aliphatic hydroxyl groups is 1. The third-order valence-corrected chi connectivity index (χ3v) is 1.58. The summed E-state index contributed by atoms with van der Waals surface area (Å²) in [6.45, 7) is 3.31. The molecule has 0 radical (unpaired) electrons. The highest BCUT2D eigenvalue weighted by molar-refractivity contribution is 14.1. The highest BCUT2D eigenvalue weighted by Crippen LogP contribution is 1.99. The van der Waals surface area contributed by atoms with E-state index in [1.807, 2.05) is 18.2 Å². The zero-order valence-corrected chi connectivity index (χ0v) is 8.36. The van der Waals surface area contributed by atoms with Crippen LogP contribution in [0.2, 0.25) is 0 Å². The molecule has 0 heterocycles. The molecule has 0 atom stereocenters. The van der Waals surface area contributed by atoms with Crippen molar-refractivity contribution < 1.29 is 5.11 Å². The van der Waals surface area contributed by atoms with E-state index in [9.17, 15) is 0 Å². The van der Waals surface area contributed by atoms with Crippen LogP contribution in [0.1, 0.15) is 0 Å². The topological polar surface area (TPSA) is 20.2 Å². The van der Waals surface area contributed by atoms with Crippen LogP contribution in [-0.2, 0) is 0 Å². The summed E-state index contributed by atoms with van der Waals surface area (Å²) in [4.78, 5) is 0. The van der Waals surface area contributed by atoms with E-state index < -0.39 is 0 Å². The number of halogens is 1. The van der Waals surface area contributed by atoms with Crippen LogP contribution in [0.4, 0.5) is 0 Å². The fourth-order valence-electron chi connectivity index (χ4n) is 0.415. The molecular formula is C9H11IO. The van der Waals surface area contributed by atoms with Crippen molar-refractivity contribution in [3.63, 3.8) is 0 Å². The van der Waals surface area contributed by atoms with Gasteiger partial charge in [-0.1, -0.05) is 24.3 Å². The predicted molar refractivity (Wildman–Crippen MR) is 56.4 cm³/mol. The molecule has 60 valence electrons. The summed E-state index contributed by atoms with van der Waals surface area (Å²) in [5.74, 6) is 0. The molecule has 0 amide bonds. The van der Waals surface area contributed by atoms with Crippen LogP contribution in [0.25, 0.3) is 0 Å². The van der Waals surface area contributed by atoms with Crippen molar-refractivity contribution >= 4 is 22.6 Å². The Hall–Kier alpha value is -0.350. The molecule has 0 saturated heterocycles. The Morgan fingerprint density at radius 1 is 1.36 bits per heavy atom. The van der Waals surface area contributed by atoms with Gasteiger partial charge in [0.2, 0.25) is 0 Å². The summed E-state index contributed by atoms with van der Waals surface area (Å²) >= 11 is 2.28. The van der Waals surface area contributed by atoms with E-state index in [-0.39, 0.29) is 6.61 Å². The van der Waals surface area contributed by atoms with Gasteiger partial charge in [0.15, 0.2) is 0 Å². The molecule has 0 aliphatic carbocycles. The fourth-order valence-corrected chi connectivity index (χ4v) is 0.830. The van der Waals surface area contributed by atoms with Gasteiger partial charge in [0.05, 0.1) is 6.61 Å². The second-order valence-electron chi connectivity index (χ2n) is 1.77. The first-order valence-corrected chi connectivity index (χ1v) is 4.31. The molecular weight excluding hydrogens is 251 g/mol. The van der Waals surface area contributed by atoms with Crippen LogP contribution >= 0.6 is 22.6 Å². The second kappa shape index (κ2) is 7.75. The van der Waals surface area contributed by atoms with Gasteiger partial charge in [0.25, 0.3) is 0 Å². The molecule has 1 aromatic rings. The number of aliphatic hydroxyl groups excluding tert-OH is 1. The monoisotopic (exact) mass is 262 g/mol. The van der Waals surface area contributed by atoms with Crippen molar-refractivity contribution in [3.05, 3.63) is 46.6 Å². The maximum Gasteiger partial charge on any atom is 0.0609 e. The van der Waals surface area contributed by atoms with Crippen LogP contribution in [-0.4, -0.2) is 11.7 Å². The van der Waals surface area contributed by atoms with E-state index in [2.05, 4.69) is 41.3 Å². The molecule has 0 fully saturated rings. The lowest BCUT2D eigenvalue weighted by atomic mass is 10.4. The van der Waals surface area contributed by atoms with Crippen LogP contribution in [0.15, 0.2) is 43.0 Å². The number of rotatable bonds is 1. The smallest absolute Gasteiger partial charge is 0.0609 e. The summed E-state index contributed by atoms with van der Waals surface area (Å²) in [7, 11) is 0. The van der Waals surface area contributed by atoms with Crippen molar-refractivity contribution in [2.24, 2.45) is 0 Å². The molecule has 0 spiro atoms. The van der Waals surface area contributed by atoms with Crippen molar-refractivity contribution in [3.8, 4) is 0 Å². The second-order valence-corrected chi connectivity index (χ2v) is 3.01. The summed E-state index contributed by atoms with van der Waals surface area (Å²) in [5.41, 5.74) is 0. The maximum atomic E-state index is 7.76. The fraction of sp³-hybridized carbons (Fsp3) is 0.111. The molecule has 1 nitrogen and oxygen atoms in total. The highest BCUT2D eigenvalue weighted by atomic mass is 127. The van der Waals surface area contributed by atoms with Crippen LogP contribution in [0, 0.1) is 3.57 Å². The van der Waals surface area contributed by atoms with Crippen LogP contribution in [0.3, 0.4) is 0 Å². The Morgan fingerprint density at radius 2 is 1.82 bits per heavy atom. The minimum atomic E-state index is 0.0833. The number of hydrogen-bond acceptors (Lipinski definition) is 1. The van der Waals surface area contributed by atoms with Gasteiger partial charge in [-0.2, -0.15) is 0 Å². The zero-order chi connectivity index (χ0) is 8.53. The summed E-state index contributed by atoms with van der Waals surface area (Å²) in [6, 6.07) is 10.2. The van der Waals surface area contributed by atoms with E-state index in [1.165, 1.54) is 9.65 Å². The minimum absolute atomic E-state index is 0.0833. The number of hydrogen-bond donors (Lipinski definition) is 1. The SMILES string of the molecule is C=CCO.Ic1ccccc1. The maximum absolute atomic E-state index is 7.76. The van der Waals surface area contributed by atoms with E-state index in [4.69, 9.17) is 5.11 Å². The van der Waals surface area contributed by atoms with Crippen LogP contribution < -0.4 is 0 Å². The van der Waals surface area contributed by atoms with Gasteiger partial charge in [0.1, 0.15) is 0 Å². The molecule has 0 bridgehead atoms. The molecule has 1 N–H and O–H groups in total. The Bertz CT molecular complexity index is 184. The molecule has 0 aliphatic rings. The number of benzene rings is 1. The first kappa shape index (κ1) is 10.7. The minimum Gasteiger partial charge on any atom is -0.392 e. The lowest BCUT2D eigenvalue weighted by molar-refractivity contribution is 0.343. The molecule has 11 heavy (non-hydrogen) atoms. The molecule has 0 aliphatic heterocycles. The van der Waals surface area contributed by atoms with E-state index in [1.54, 1.807) is 0 Å². The normalized spacial score (nSPS) is 7.82. The van der Waals surface area contributed by atoms with Gasteiger partial charge < -0.3 is 5.11 Å². The lowest BCUT2D eigenvalue weighted by Crippen LogP contribution is -1.62. The Morgan fingerprint density at radius 3 is 2.00 bits per heavy atom. The van der Waals surface area contributed by atoms with Gasteiger partial charge in [-0.3, -0.25) is 0 Å². The average molecular weight is 262 g/mol. The van der Waals surface area contributed by atoms with Crippen molar-refractivity contribution in [2.75, 3.05) is 6.61 Å².